The summed E-state index contributed by atoms with van der Waals surface area (Å²) < 4.78 is 0. The van der Waals surface area contributed by atoms with Crippen LogP contribution in [0.15, 0.2) is 77.2 Å². The van der Waals surface area contributed by atoms with Crippen molar-refractivity contribution in [3.05, 3.63) is 99.0 Å². The first-order valence-corrected chi connectivity index (χ1v) is 11.0. The van der Waals surface area contributed by atoms with E-state index in [1.807, 2.05) is 45.0 Å². The molecule has 0 fully saturated rings. The lowest BCUT2D eigenvalue weighted by Gasteiger charge is -2.18. The fourth-order valence-corrected chi connectivity index (χ4v) is 3.51. The zero-order valence-corrected chi connectivity index (χ0v) is 20.6. The highest BCUT2D eigenvalue weighted by atomic mass is 35.5. The van der Waals surface area contributed by atoms with Crippen LogP contribution in [0.3, 0.4) is 0 Å². The molecule has 0 aliphatic rings. The van der Waals surface area contributed by atoms with Crippen LogP contribution in [0.1, 0.15) is 44.4 Å². The highest BCUT2D eigenvalue weighted by Gasteiger charge is 2.14. The summed E-state index contributed by atoms with van der Waals surface area (Å²) in [7, 11) is 0. The van der Waals surface area contributed by atoms with Crippen molar-refractivity contribution in [2.45, 2.75) is 41.5 Å². The average Bonchev–Trinajstić information content (AvgIpc) is 2.70. The molecule has 5 heteroatoms. The molecule has 0 aliphatic carbocycles. The van der Waals surface area contributed by atoms with Gasteiger partial charge in [-0.25, -0.2) is 4.99 Å². The molecule has 0 aliphatic heterocycles. The second kappa shape index (κ2) is 11.2. The van der Waals surface area contributed by atoms with Gasteiger partial charge in [-0.2, -0.15) is 0 Å². The Morgan fingerprint density at radius 2 is 1.71 bits per heavy atom. The van der Waals surface area contributed by atoms with Gasteiger partial charge >= 0.3 is 0 Å². The Kier molecular flexibility index (Phi) is 8.97. The third-order valence-electron chi connectivity index (χ3n) is 5.08. The van der Waals surface area contributed by atoms with E-state index < -0.39 is 0 Å². The molecule has 1 atom stereocenters. The number of nitrogens with zero attached hydrogens (tertiary/aromatic N) is 1. The molecule has 0 amide bonds. The van der Waals surface area contributed by atoms with E-state index in [0.717, 1.165) is 22.8 Å². The number of allylic oxidation sites excluding steroid dienone is 4. The summed E-state index contributed by atoms with van der Waals surface area (Å²) in [5, 5.41) is 7.88. The van der Waals surface area contributed by atoms with Crippen LogP contribution in [0.25, 0.3) is 0 Å². The van der Waals surface area contributed by atoms with Crippen molar-refractivity contribution in [2.75, 3.05) is 5.32 Å². The molecule has 0 heterocycles. The molecule has 0 spiro atoms. The molecule has 0 radical (unpaired) electrons. The summed E-state index contributed by atoms with van der Waals surface area (Å²) in [6, 6.07) is 11.7. The van der Waals surface area contributed by atoms with Gasteiger partial charge in [0.25, 0.3) is 0 Å². The van der Waals surface area contributed by atoms with Crippen molar-refractivity contribution in [2.24, 2.45) is 10.9 Å². The maximum absolute atomic E-state index is 6.44. The van der Waals surface area contributed by atoms with Gasteiger partial charge in [0.1, 0.15) is 5.84 Å². The van der Waals surface area contributed by atoms with E-state index in [0.29, 0.717) is 21.4 Å². The second-order valence-electron chi connectivity index (χ2n) is 7.70. The van der Waals surface area contributed by atoms with Crippen molar-refractivity contribution >= 4 is 34.7 Å². The van der Waals surface area contributed by atoms with Crippen molar-refractivity contribution < 1.29 is 0 Å². The molecule has 2 N–H and O–H groups in total. The van der Waals surface area contributed by atoms with Crippen LogP contribution >= 0.6 is 23.2 Å². The van der Waals surface area contributed by atoms with Gasteiger partial charge < -0.3 is 10.6 Å². The quantitative estimate of drug-likeness (QED) is 0.327. The molecule has 0 aromatic heterocycles. The van der Waals surface area contributed by atoms with Gasteiger partial charge in [0.05, 0.1) is 15.6 Å². The van der Waals surface area contributed by atoms with Crippen LogP contribution in [0, 0.1) is 19.8 Å². The molecule has 1 unspecified atom stereocenters. The first-order chi connectivity index (χ1) is 14.6. The Hall–Kier alpha value is -2.49. The highest BCUT2D eigenvalue weighted by molar-refractivity contribution is 6.40. The van der Waals surface area contributed by atoms with Crippen molar-refractivity contribution in [1.82, 2.24) is 5.32 Å². The lowest BCUT2D eigenvalue weighted by molar-refractivity contribution is 0.850. The minimum absolute atomic E-state index is 0.0832. The minimum Gasteiger partial charge on any atom is -0.359 e. The normalized spacial score (nSPS) is 13.7. The topological polar surface area (TPSA) is 36.4 Å². The van der Waals surface area contributed by atoms with Crippen LogP contribution in [0.4, 0.5) is 5.69 Å². The fourth-order valence-electron chi connectivity index (χ4n) is 2.93. The fraction of sp³-hybridized carbons (Fsp3) is 0.269. The predicted molar refractivity (Wildman–Crippen MR) is 137 cm³/mol. The standard InChI is InChI=1S/C26H31Cl2N3/c1-8-19(5)29-26(25-23(27)10-9-11-24(25)28)30-20(6)14-18(4)21(7)31-22-13-12-16(2)17(3)15-22/h8-15,18,31H,7H2,1-6H3,(H,29,30)/b19-8+,20-14+. The summed E-state index contributed by atoms with van der Waals surface area (Å²) in [5.74, 6) is 0.694. The van der Waals surface area contributed by atoms with Gasteiger partial charge in [-0.3, -0.25) is 0 Å². The number of nitrogens with one attached hydrogen (secondary N) is 2. The predicted octanol–water partition coefficient (Wildman–Crippen LogP) is 8.04. The van der Waals surface area contributed by atoms with Crippen LogP contribution in [-0.4, -0.2) is 5.84 Å². The van der Waals surface area contributed by atoms with Gasteiger partial charge in [-0.1, -0.05) is 61.0 Å². The first kappa shape index (κ1) is 24.8. The van der Waals surface area contributed by atoms with Crippen LogP contribution in [0.5, 0.6) is 0 Å². The van der Waals surface area contributed by atoms with E-state index >= 15 is 0 Å². The second-order valence-corrected chi connectivity index (χ2v) is 8.51. The van der Waals surface area contributed by atoms with Gasteiger partial charge in [0, 0.05) is 28.7 Å². The van der Waals surface area contributed by atoms with Crippen molar-refractivity contribution in [3.8, 4) is 0 Å². The number of anilines is 1. The largest absolute Gasteiger partial charge is 0.359 e. The molecular weight excluding hydrogens is 425 g/mol. The molecule has 2 aromatic rings. The van der Waals surface area contributed by atoms with Crippen LogP contribution in [-0.2, 0) is 0 Å². The lowest BCUT2D eigenvalue weighted by Crippen LogP contribution is -2.24. The first-order valence-electron chi connectivity index (χ1n) is 10.3. The molecule has 0 saturated carbocycles. The minimum atomic E-state index is 0.0832. The Balaban J connectivity index is 2.23. The summed E-state index contributed by atoms with van der Waals surface area (Å²) in [4.78, 5) is 4.68. The average molecular weight is 456 g/mol. The molecule has 2 aromatic carbocycles. The smallest absolute Gasteiger partial charge is 0.140 e. The zero-order chi connectivity index (χ0) is 23.1. The third kappa shape index (κ3) is 7.02. The molecular formula is C26H31Cl2N3. The third-order valence-corrected chi connectivity index (χ3v) is 5.71. The van der Waals surface area contributed by atoms with Crippen LogP contribution in [0.2, 0.25) is 10.0 Å². The van der Waals surface area contributed by atoms with Gasteiger partial charge in [-0.05, 0) is 70.0 Å². The van der Waals surface area contributed by atoms with Gasteiger partial charge in [0.15, 0.2) is 0 Å². The van der Waals surface area contributed by atoms with E-state index in [9.17, 15) is 0 Å². The monoisotopic (exact) mass is 455 g/mol. The maximum atomic E-state index is 6.44. The van der Waals surface area contributed by atoms with E-state index in [2.05, 4.69) is 67.3 Å². The SMILES string of the molecule is C=C(Nc1ccc(C)c(C)c1)C(C)/C=C(\C)NC(=N/C(C)=C/C)c1c(Cl)cccc1Cl. The summed E-state index contributed by atoms with van der Waals surface area (Å²) >= 11 is 12.9. The summed E-state index contributed by atoms with van der Waals surface area (Å²) in [6.45, 7) is 16.4. The highest BCUT2D eigenvalue weighted by Crippen LogP contribution is 2.26. The Morgan fingerprint density at radius 1 is 1.06 bits per heavy atom. The number of rotatable bonds is 7. The van der Waals surface area contributed by atoms with E-state index in [4.69, 9.17) is 23.2 Å². The number of aryl methyl sites for hydroxylation is 2. The van der Waals surface area contributed by atoms with E-state index in [1.54, 1.807) is 0 Å². The molecule has 164 valence electrons. The number of halogens is 2. The number of hydrogen-bond donors (Lipinski definition) is 2. The van der Waals surface area contributed by atoms with E-state index in [1.165, 1.54) is 11.1 Å². The number of aliphatic imine (C=N–C) groups is 1. The Bertz CT molecular complexity index is 1030. The molecule has 2 rings (SSSR count). The lowest BCUT2D eigenvalue weighted by atomic mass is 10.1. The zero-order valence-electron chi connectivity index (χ0n) is 19.1. The number of amidine groups is 1. The Morgan fingerprint density at radius 3 is 2.29 bits per heavy atom. The van der Waals surface area contributed by atoms with Gasteiger partial charge in [-0.15, -0.1) is 0 Å². The van der Waals surface area contributed by atoms with Gasteiger partial charge in [0.2, 0.25) is 0 Å². The summed E-state index contributed by atoms with van der Waals surface area (Å²) in [6.07, 6.45) is 4.03. The van der Waals surface area contributed by atoms with Crippen molar-refractivity contribution in [3.63, 3.8) is 0 Å². The molecule has 31 heavy (non-hydrogen) atoms. The summed E-state index contributed by atoms with van der Waals surface area (Å²) in [5.41, 5.74) is 6.92. The number of hydrogen-bond acceptors (Lipinski definition) is 2. The van der Waals surface area contributed by atoms with Crippen LogP contribution < -0.4 is 10.6 Å². The molecule has 0 saturated heterocycles. The Labute approximate surface area is 196 Å². The van der Waals surface area contributed by atoms with E-state index in [-0.39, 0.29) is 5.92 Å². The van der Waals surface area contributed by atoms with Crippen molar-refractivity contribution in [1.29, 1.82) is 0 Å². The number of benzene rings is 2. The molecule has 3 nitrogen and oxygen atoms in total. The molecule has 0 bridgehead atoms. The maximum Gasteiger partial charge on any atom is 0.140 e.